The van der Waals surface area contributed by atoms with Gasteiger partial charge in [0.15, 0.2) is 0 Å². The van der Waals surface area contributed by atoms with Crippen LogP contribution >= 0.6 is 35.0 Å². The van der Waals surface area contributed by atoms with E-state index in [0.717, 1.165) is 11.3 Å². The van der Waals surface area contributed by atoms with Crippen molar-refractivity contribution in [2.75, 3.05) is 17.5 Å². The lowest BCUT2D eigenvalue weighted by Crippen LogP contribution is -2.51. The first-order chi connectivity index (χ1) is 8.65. The van der Waals surface area contributed by atoms with E-state index in [9.17, 15) is 4.79 Å². The van der Waals surface area contributed by atoms with Crippen molar-refractivity contribution >= 4 is 40.9 Å². The molecule has 1 rings (SSSR count). The summed E-state index contributed by atoms with van der Waals surface area (Å²) < 4.78 is 0. The summed E-state index contributed by atoms with van der Waals surface area (Å²) in [5.74, 6) is 0.996. The van der Waals surface area contributed by atoms with Gasteiger partial charge in [0.1, 0.15) is 0 Å². The van der Waals surface area contributed by atoms with Crippen molar-refractivity contribution in [2.24, 2.45) is 0 Å². The highest BCUT2D eigenvalue weighted by Crippen LogP contribution is 2.18. The van der Waals surface area contributed by atoms with Crippen LogP contribution in [0.1, 0.15) is 13.3 Å². The van der Waals surface area contributed by atoms with E-state index in [1.165, 1.54) is 11.8 Å². The Kier molecular flexibility index (Phi) is 6.90. The summed E-state index contributed by atoms with van der Waals surface area (Å²) in [6.45, 7) is 1.97. The molecule has 1 aromatic rings. The number of carbonyl (C=O) groups excluding carboxylic acids is 1. The summed E-state index contributed by atoms with van der Waals surface area (Å²) in [6.07, 6.45) is 0.724. The minimum Gasteiger partial charge on any atom is -0.348 e. The normalized spacial score (nSPS) is 11.3. The number of rotatable bonds is 7. The molecular weight excluding hydrogens is 289 g/mol. The SMILES string of the molecule is CCC(CCl)(CCl)NC(=O)CSc1ccccc1. The van der Waals surface area contributed by atoms with E-state index in [4.69, 9.17) is 23.2 Å². The zero-order valence-electron chi connectivity index (χ0n) is 10.3. The maximum Gasteiger partial charge on any atom is 0.230 e. The molecule has 0 saturated heterocycles. The molecule has 5 heteroatoms. The Hall–Kier alpha value is -0.380. The van der Waals surface area contributed by atoms with Crippen molar-refractivity contribution in [3.05, 3.63) is 30.3 Å². The topological polar surface area (TPSA) is 29.1 Å². The number of carbonyl (C=O) groups is 1. The Labute approximate surface area is 122 Å². The summed E-state index contributed by atoms with van der Waals surface area (Å²) in [5.41, 5.74) is -0.489. The number of alkyl halides is 2. The molecular formula is C13H17Cl2NOS. The fourth-order valence-corrected chi connectivity index (χ4v) is 2.89. The van der Waals surface area contributed by atoms with Gasteiger partial charge in [-0.05, 0) is 18.6 Å². The molecule has 0 unspecified atom stereocenters. The Morgan fingerprint density at radius 1 is 1.28 bits per heavy atom. The van der Waals surface area contributed by atoms with E-state index < -0.39 is 5.54 Å². The number of nitrogens with one attached hydrogen (secondary N) is 1. The molecule has 0 aliphatic heterocycles. The standard InChI is InChI=1S/C13H17Cl2NOS/c1-2-13(9-14,10-15)16-12(17)8-18-11-6-4-3-5-7-11/h3-7H,2,8-10H2,1H3,(H,16,17). The molecule has 0 heterocycles. The van der Waals surface area contributed by atoms with Crippen LogP contribution in [0.25, 0.3) is 0 Å². The maximum atomic E-state index is 11.9. The van der Waals surface area contributed by atoms with E-state index in [1.807, 2.05) is 37.3 Å². The minimum absolute atomic E-state index is 0.0352. The Balaban J connectivity index is 2.46. The van der Waals surface area contributed by atoms with Gasteiger partial charge in [-0.2, -0.15) is 0 Å². The molecule has 0 fully saturated rings. The number of halogens is 2. The van der Waals surface area contributed by atoms with E-state index in [2.05, 4.69) is 5.32 Å². The Morgan fingerprint density at radius 2 is 1.89 bits per heavy atom. The molecule has 0 spiro atoms. The van der Waals surface area contributed by atoms with Crippen LogP contribution in [0.2, 0.25) is 0 Å². The third-order valence-electron chi connectivity index (χ3n) is 2.71. The molecule has 1 aromatic carbocycles. The zero-order valence-corrected chi connectivity index (χ0v) is 12.6. The zero-order chi connectivity index (χ0) is 13.4. The Morgan fingerprint density at radius 3 is 2.39 bits per heavy atom. The van der Waals surface area contributed by atoms with Crippen molar-refractivity contribution in [2.45, 2.75) is 23.8 Å². The third kappa shape index (κ3) is 4.71. The largest absolute Gasteiger partial charge is 0.348 e. The molecule has 0 saturated carbocycles. The van der Waals surface area contributed by atoms with Crippen molar-refractivity contribution < 1.29 is 4.79 Å². The van der Waals surface area contributed by atoms with Crippen LogP contribution in [-0.4, -0.2) is 29.0 Å². The first kappa shape index (κ1) is 15.7. The quantitative estimate of drug-likeness (QED) is 0.617. The van der Waals surface area contributed by atoms with Gasteiger partial charge in [0.2, 0.25) is 5.91 Å². The van der Waals surface area contributed by atoms with Crippen molar-refractivity contribution in [3.8, 4) is 0 Å². The predicted octanol–water partition coefficient (Wildman–Crippen LogP) is 3.52. The summed E-state index contributed by atoms with van der Waals surface area (Å²) in [4.78, 5) is 12.9. The molecule has 0 bridgehead atoms. The highest BCUT2D eigenvalue weighted by molar-refractivity contribution is 8.00. The van der Waals surface area contributed by atoms with Crippen LogP contribution in [-0.2, 0) is 4.79 Å². The van der Waals surface area contributed by atoms with Gasteiger partial charge in [0, 0.05) is 16.7 Å². The molecule has 2 nitrogen and oxygen atoms in total. The Bertz CT molecular complexity index is 360. The fraction of sp³-hybridized carbons (Fsp3) is 0.462. The van der Waals surface area contributed by atoms with Gasteiger partial charge in [0.05, 0.1) is 11.3 Å². The van der Waals surface area contributed by atoms with E-state index in [1.54, 1.807) is 0 Å². The van der Waals surface area contributed by atoms with Crippen LogP contribution < -0.4 is 5.32 Å². The highest BCUT2D eigenvalue weighted by atomic mass is 35.5. The number of thioether (sulfide) groups is 1. The van der Waals surface area contributed by atoms with E-state index >= 15 is 0 Å². The van der Waals surface area contributed by atoms with Gasteiger partial charge in [0.25, 0.3) is 0 Å². The number of hydrogen-bond donors (Lipinski definition) is 1. The summed E-state index contributed by atoms with van der Waals surface area (Å²) in [5, 5.41) is 2.93. The molecule has 0 radical (unpaired) electrons. The van der Waals surface area contributed by atoms with Crippen LogP contribution in [0.15, 0.2) is 35.2 Å². The molecule has 0 aliphatic rings. The second kappa shape index (κ2) is 7.93. The van der Waals surface area contributed by atoms with Crippen LogP contribution in [0, 0.1) is 0 Å². The van der Waals surface area contributed by atoms with Gasteiger partial charge >= 0.3 is 0 Å². The molecule has 1 N–H and O–H groups in total. The second-order valence-corrected chi connectivity index (χ2v) is 5.63. The summed E-state index contributed by atoms with van der Waals surface area (Å²) in [6, 6.07) is 9.82. The smallest absolute Gasteiger partial charge is 0.230 e. The second-order valence-electron chi connectivity index (χ2n) is 4.05. The van der Waals surface area contributed by atoms with Gasteiger partial charge in [-0.1, -0.05) is 25.1 Å². The minimum atomic E-state index is -0.489. The van der Waals surface area contributed by atoms with Crippen molar-refractivity contribution in [3.63, 3.8) is 0 Å². The average Bonchev–Trinajstić information content (AvgIpc) is 2.44. The number of hydrogen-bond acceptors (Lipinski definition) is 2. The van der Waals surface area contributed by atoms with Gasteiger partial charge in [-0.25, -0.2) is 0 Å². The van der Waals surface area contributed by atoms with E-state index in [-0.39, 0.29) is 5.91 Å². The fourth-order valence-electron chi connectivity index (χ4n) is 1.38. The van der Waals surface area contributed by atoms with Gasteiger partial charge < -0.3 is 5.32 Å². The van der Waals surface area contributed by atoms with Gasteiger partial charge in [-0.3, -0.25) is 4.79 Å². The first-order valence-electron chi connectivity index (χ1n) is 5.76. The summed E-state index contributed by atoms with van der Waals surface area (Å²) >= 11 is 13.3. The molecule has 0 atom stereocenters. The van der Waals surface area contributed by atoms with Crippen LogP contribution in [0.3, 0.4) is 0 Å². The number of amides is 1. The van der Waals surface area contributed by atoms with Crippen LogP contribution in [0.4, 0.5) is 0 Å². The molecule has 100 valence electrons. The molecule has 1 amide bonds. The average molecular weight is 306 g/mol. The van der Waals surface area contributed by atoms with Gasteiger partial charge in [-0.15, -0.1) is 35.0 Å². The lowest BCUT2D eigenvalue weighted by molar-refractivity contribution is -0.120. The molecule has 0 aliphatic carbocycles. The third-order valence-corrected chi connectivity index (χ3v) is 4.74. The highest BCUT2D eigenvalue weighted by Gasteiger charge is 2.27. The lowest BCUT2D eigenvalue weighted by Gasteiger charge is -2.29. The van der Waals surface area contributed by atoms with Crippen molar-refractivity contribution in [1.29, 1.82) is 0 Å². The lowest BCUT2D eigenvalue weighted by atomic mass is 10.0. The number of benzene rings is 1. The predicted molar refractivity (Wildman–Crippen MR) is 79.8 cm³/mol. The summed E-state index contributed by atoms with van der Waals surface area (Å²) in [7, 11) is 0. The van der Waals surface area contributed by atoms with E-state index in [0.29, 0.717) is 17.5 Å². The monoisotopic (exact) mass is 305 g/mol. The van der Waals surface area contributed by atoms with Crippen LogP contribution in [0.5, 0.6) is 0 Å². The molecule has 0 aromatic heterocycles. The van der Waals surface area contributed by atoms with Crippen molar-refractivity contribution in [1.82, 2.24) is 5.32 Å². The maximum absolute atomic E-state index is 11.9. The first-order valence-corrected chi connectivity index (χ1v) is 7.82. The molecule has 18 heavy (non-hydrogen) atoms.